The highest BCUT2D eigenvalue weighted by molar-refractivity contribution is 7.92. The van der Waals surface area contributed by atoms with Gasteiger partial charge in [0.25, 0.3) is 0 Å². The Morgan fingerprint density at radius 2 is 1.61 bits per heavy atom. The van der Waals surface area contributed by atoms with E-state index >= 15 is 0 Å². The second kappa shape index (κ2) is 8.26. The molecule has 0 saturated carbocycles. The molecule has 1 saturated heterocycles. The van der Waals surface area contributed by atoms with Crippen molar-refractivity contribution >= 4 is 21.4 Å². The van der Waals surface area contributed by atoms with Gasteiger partial charge in [0.2, 0.25) is 11.7 Å². The first-order valence-electron chi connectivity index (χ1n) is 9.66. The van der Waals surface area contributed by atoms with Gasteiger partial charge in [-0.2, -0.15) is 26.3 Å². The lowest BCUT2D eigenvalue weighted by Gasteiger charge is -2.39. The highest BCUT2D eigenvalue weighted by Gasteiger charge is 2.46. The smallest absolute Gasteiger partial charge is 0.310 e. The SMILES string of the molecule is CC(C)([C@@H]1CCN(c2cnc(C(F)(F)F)nc2)C(=O)C1)S(=O)(=O)c1cccc(C(F)(F)F)c1. The molecule has 180 valence electrons. The van der Waals surface area contributed by atoms with Crippen molar-refractivity contribution in [2.45, 2.75) is 48.7 Å². The van der Waals surface area contributed by atoms with Crippen molar-refractivity contribution in [2.75, 3.05) is 11.4 Å². The number of benzene rings is 1. The number of hydrogen-bond donors (Lipinski definition) is 0. The molecule has 1 aromatic carbocycles. The van der Waals surface area contributed by atoms with E-state index in [2.05, 4.69) is 9.97 Å². The number of anilines is 1. The number of amides is 1. The number of carbonyl (C=O) groups excluding carboxylic acids is 1. The molecule has 0 unspecified atom stereocenters. The molecule has 3 rings (SSSR count). The summed E-state index contributed by atoms with van der Waals surface area (Å²) < 4.78 is 102. The van der Waals surface area contributed by atoms with Gasteiger partial charge in [-0.15, -0.1) is 0 Å². The number of carbonyl (C=O) groups is 1. The third-order valence-electron chi connectivity index (χ3n) is 5.77. The Morgan fingerprint density at radius 1 is 1.00 bits per heavy atom. The summed E-state index contributed by atoms with van der Waals surface area (Å²) in [6.45, 7) is 2.68. The molecular formula is C20H19F6N3O3S. The first kappa shape index (κ1) is 24.9. The Labute approximate surface area is 185 Å². The van der Waals surface area contributed by atoms with E-state index < -0.39 is 55.0 Å². The summed E-state index contributed by atoms with van der Waals surface area (Å²) >= 11 is 0. The van der Waals surface area contributed by atoms with Gasteiger partial charge >= 0.3 is 12.4 Å². The molecule has 1 fully saturated rings. The lowest BCUT2D eigenvalue weighted by Crippen LogP contribution is -2.48. The summed E-state index contributed by atoms with van der Waals surface area (Å²) in [6.07, 6.45) is -7.86. The Hall–Kier alpha value is -2.70. The number of rotatable bonds is 4. The van der Waals surface area contributed by atoms with Crippen molar-refractivity contribution in [3.63, 3.8) is 0 Å². The molecule has 1 atom stereocenters. The number of aromatic nitrogens is 2. The maximum Gasteiger partial charge on any atom is 0.451 e. The van der Waals surface area contributed by atoms with Crippen molar-refractivity contribution in [3.8, 4) is 0 Å². The topological polar surface area (TPSA) is 80.2 Å². The minimum Gasteiger partial charge on any atom is -0.310 e. The zero-order chi connectivity index (χ0) is 24.8. The van der Waals surface area contributed by atoms with Crippen LogP contribution < -0.4 is 4.90 Å². The van der Waals surface area contributed by atoms with Gasteiger partial charge in [0, 0.05) is 13.0 Å². The second-order valence-electron chi connectivity index (χ2n) is 8.13. The summed E-state index contributed by atoms with van der Waals surface area (Å²) in [5.41, 5.74) is -1.07. The van der Waals surface area contributed by atoms with Gasteiger partial charge in [-0.05, 0) is 44.4 Å². The molecule has 1 aliphatic heterocycles. The molecule has 0 bridgehead atoms. The van der Waals surface area contributed by atoms with Crippen LogP contribution in [0.4, 0.5) is 32.0 Å². The Morgan fingerprint density at radius 3 is 2.12 bits per heavy atom. The molecule has 1 aliphatic rings. The number of halogens is 6. The summed E-state index contributed by atoms with van der Waals surface area (Å²) in [5, 5.41) is 0. The fraction of sp³-hybridized carbons (Fsp3) is 0.450. The van der Waals surface area contributed by atoms with Crippen LogP contribution in [0.1, 0.15) is 38.1 Å². The van der Waals surface area contributed by atoms with Gasteiger partial charge < -0.3 is 4.90 Å². The quantitative estimate of drug-likeness (QED) is 0.584. The Kier molecular flexibility index (Phi) is 6.24. The molecule has 0 radical (unpaired) electrons. The number of hydrogen-bond acceptors (Lipinski definition) is 5. The van der Waals surface area contributed by atoms with Gasteiger partial charge in [-0.1, -0.05) is 6.07 Å². The van der Waals surface area contributed by atoms with E-state index in [4.69, 9.17) is 0 Å². The van der Waals surface area contributed by atoms with Gasteiger partial charge in [-0.25, -0.2) is 18.4 Å². The fourth-order valence-electron chi connectivity index (χ4n) is 3.67. The van der Waals surface area contributed by atoms with Crippen molar-refractivity contribution < 1.29 is 39.6 Å². The van der Waals surface area contributed by atoms with E-state index in [1.54, 1.807) is 0 Å². The standard InChI is InChI=1S/C20H19F6N3O3S/c1-18(2,33(31,32)15-5-3-4-13(8-15)19(21,22)23)12-6-7-29(16(30)9-12)14-10-27-17(28-11-14)20(24,25)26/h3-5,8,10-12H,6-7,9H2,1-2H3/t12-/m1/s1. The summed E-state index contributed by atoms with van der Waals surface area (Å²) in [5.74, 6) is -2.65. The van der Waals surface area contributed by atoms with Gasteiger partial charge in [0.05, 0.1) is 33.3 Å². The maximum absolute atomic E-state index is 13.2. The number of alkyl halides is 6. The lowest BCUT2D eigenvalue weighted by atomic mass is 9.85. The van der Waals surface area contributed by atoms with Crippen molar-refractivity contribution in [3.05, 3.63) is 48.0 Å². The van der Waals surface area contributed by atoms with E-state index in [9.17, 15) is 39.6 Å². The van der Waals surface area contributed by atoms with E-state index in [0.29, 0.717) is 6.07 Å². The first-order valence-corrected chi connectivity index (χ1v) is 11.1. The second-order valence-corrected chi connectivity index (χ2v) is 10.7. The monoisotopic (exact) mass is 495 g/mol. The molecule has 33 heavy (non-hydrogen) atoms. The molecule has 2 aromatic rings. The largest absolute Gasteiger partial charge is 0.451 e. The average Bonchev–Trinajstić information content (AvgIpc) is 2.72. The van der Waals surface area contributed by atoms with E-state index in [0.717, 1.165) is 35.5 Å². The summed E-state index contributed by atoms with van der Waals surface area (Å²) in [7, 11) is -4.27. The predicted molar refractivity (Wildman–Crippen MR) is 105 cm³/mol. The molecule has 0 spiro atoms. The summed E-state index contributed by atoms with van der Waals surface area (Å²) in [6, 6.07) is 3.40. The molecular weight excluding hydrogens is 476 g/mol. The average molecular weight is 495 g/mol. The van der Waals surface area contributed by atoms with Crippen LogP contribution >= 0.6 is 0 Å². The maximum atomic E-state index is 13.2. The van der Waals surface area contributed by atoms with Crippen molar-refractivity contribution in [1.29, 1.82) is 0 Å². The fourth-order valence-corrected chi connectivity index (χ4v) is 5.46. The van der Waals surface area contributed by atoms with Gasteiger partial charge in [-0.3, -0.25) is 4.79 Å². The Bertz CT molecular complexity index is 1140. The number of nitrogens with zero attached hydrogens (tertiary/aromatic N) is 3. The normalized spacial score (nSPS) is 18.5. The van der Waals surface area contributed by atoms with Gasteiger partial charge in [0.15, 0.2) is 9.84 Å². The third kappa shape index (κ3) is 4.82. The summed E-state index contributed by atoms with van der Waals surface area (Å²) in [4.78, 5) is 19.8. The van der Waals surface area contributed by atoms with Crippen LogP contribution in [0.3, 0.4) is 0 Å². The molecule has 1 aromatic heterocycles. The van der Waals surface area contributed by atoms with Crippen LogP contribution in [0.15, 0.2) is 41.6 Å². The highest BCUT2D eigenvalue weighted by Crippen LogP contribution is 2.40. The molecule has 0 aliphatic carbocycles. The zero-order valence-electron chi connectivity index (χ0n) is 17.4. The molecule has 0 N–H and O–H groups in total. The third-order valence-corrected chi connectivity index (χ3v) is 8.37. The minimum absolute atomic E-state index is 0.0141. The molecule has 2 heterocycles. The van der Waals surface area contributed by atoms with Crippen molar-refractivity contribution in [2.24, 2.45) is 5.92 Å². The Balaban J connectivity index is 1.82. The number of piperidine rings is 1. The van der Waals surface area contributed by atoms with Crippen LogP contribution in [-0.2, 0) is 27.0 Å². The van der Waals surface area contributed by atoms with E-state index in [1.807, 2.05) is 0 Å². The zero-order valence-corrected chi connectivity index (χ0v) is 18.2. The molecule has 13 heteroatoms. The number of sulfone groups is 1. The highest BCUT2D eigenvalue weighted by atomic mass is 32.2. The first-order chi connectivity index (χ1) is 15.0. The van der Waals surface area contributed by atoms with Gasteiger partial charge in [0.1, 0.15) is 0 Å². The predicted octanol–water partition coefficient (Wildman–Crippen LogP) is 4.51. The van der Waals surface area contributed by atoms with Crippen LogP contribution in [0.2, 0.25) is 0 Å². The van der Waals surface area contributed by atoms with E-state index in [1.165, 1.54) is 13.8 Å². The lowest BCUT2D eigenvalue weighted by molar-refractivity contribution is -0.145. The minimum atomic E-state index is -4.74. The van der Waals surface area contributed by atoms with Crippen LogP contribution in [-0.4, -0.2) is 35.6 Å². The molecule has 6 nitrogen and oxygen atoms in total. The van der Waals surface area contributed by atoms with E-state index in [-0.39, 0.29) is 25.1 Å². The van der Waals surface area contributed by atoms with Crippen LogP contribution in [0, 0.1) is 5.92 Å². The van der Waals surface area contributed by atoms with Crippen molar-refractivity contribution in [1.82, 2.24) is 9.97 Å². The van der Waals surface area contributed by atoms with Crippen LogP contribution in [0.25, 0.3) is 0 Å². The van der Waals surface area contributed by atoms with Crippen LogP contribution in [0.5, 0.6) is 0 Å². The molecule has 1 amide bonds.